The van der Waals surface area contributed by atoms with E-state index in [2.05, 4.69) is 22.2 Å². The molecule has 3 rings (SSSR count). The molecule has 2 N–H and O–H groups in total. The van der Waals surface area contributed by atoms with E-state index >= 15 is 0 Å². The topological polar surface area (TPSA) is 41.1 Å². The monoisotopic (exact) mass is 340 g/mol. The van der Waals surface area contributed by atoms with Crippen LogP contribution in [-0.4, -0.2) is 22.0 Å². The molecule has 2 atom stereocenters. The molecular formula is C17H25ClN2OS. The number of fused-ring (bicyclic) bond motifs is 1. The second-order valence-corrected chi connectivity index (χ2v) is 10.00. The standard InChI is InChI=1S/C17H25ClN2OS/c1-16(2,3)22(21)20-15-14-10-13(18)5-4-12(14)11-17(15)6-8-19-9-7-17/h4-5,10,15,19-20H,6-9,11H2,1-3H3/t15-,22?/m1/s1. The Labute approximate surface area is 140 Å². The summed E-state index contributed by atoms with van der Waals surface area (Å²) in [6, 6.07) is 6.30. The molecule has 0 amide bonds. The van der Waals surface area contributed by atoms with Crippen molar-refractivity contribution in [3.8, 4) is 0 Å². The summed E-state index contributed by atoms with van der Waals surface area (Å²) < 4.78 is 15.9. The van der Waals surface area contributed by atoms with Crippen molar-refractivity contribution in [2.75, 3.05) is 13.1 Å². The summed E-state index contributed by atoms with van der Waals surface area (Å²) in [6.45, 7) is 8.10. The number of halogens is 1. The number of benzene rings is 1. The highest BCUT2D eigenvalue weighted by Crippen LogP contribution is 2.51. The summed E-state index contributed by atoms with van der Waals surface area (Å²) in [4.78, 5) is 0. The van der Waals surface area contributed by atoms with E-state index < -0.39 is 11.0 Å². The largest absolute Gasteiger partial charge is 0.317 e. The van der Waals surface area contributed by atoms with Crippen LogP contribution in [0, 0.1) is 5.41 Å². The van der Waals surface area contributed by atoms with E-state index in [1.807, 2.05) is 26.8 Å². The molecule has 0 saturated carbocycles. The zero-order chi connectivity index (χ0) is 16.0. The fourth-order valence-electron chi connectivity index (χ4n) is 3.67. The van der Waals surface area contributed by atoms with Crippen LogP contribution in [0.1, 0.15) is 50.8 Å². The van der Waals surface area contributed by atoms with Crippen molar-refractivity contribution in [1.29, 1.82) is 0 Å². The van der Waals surface area contributed by atoms with Crippen LogP contribution < -0.4 is 10.0 Å². The van der Waals surface area contributed by atoms with Gasteiger partial charge in [-0.1, -0.05) is 17.7 Å². The maximum absolute atomic E-state index is 12.7. The Morgan fingerprint density at radius 3 is 2.64 bits per heavy atom. The van der Waals surface area contributed by atoms with Crippen molar-refractivity contribution < 1.29 is 4.21 Å². The number of hydrogen-bond acceptors (Lipinski definition) is 2. The van der Waals surface area contributed by atoms with E-state index in [0.717, 1.165) is 37.4 Å². The average molecular weight is 341 g/mol. The minimum atomic E-state index is -1.08. The number of nitrogens with one attached hydrogen (secondary N) is 2. The van der Waals surface area contributed by atoms with Crippen LogP contribution in [0.15, 0.2) is 18.2 Å². The molecule has 1 fully saturated rings. The highest BCUT2D eigenvalue weighted by Gasteiger charge is 2.47. The Bertz CT molecular complexity index is 591. The Kier molecular flexibility index (Phi) is 4.41. The van der Waals surface area contributed by atoms with E-state index in [1.165, 1.54) is 11.1 Å². The lowest BCUT2D eigenvalue weighted by atomic mass is 9.73. The van der Waals surface area contributed by atoms with E-state index in [4.69, 9.17) is 11.6 Å². The predicted octanol–water partition coefficient (Wildman–Crippen LogP) is 3.36. The van der Waals surface area contributed by atoms with Gasteiger partial charge in [0.05, 0.1) is 21.8 Å². The first-order chi connectivity index (χ1) is 10.3. The fourth-order valence-corrected chi connectivity index (χ4v) is 4.79. The number of rotatable bonds is 2. The van der Waals surface area contributed by atoms with Crippen molar-refractivity contribution >= 4 is 22.6 Å². The molecule has 1 aliphatic heterocycles. The second-order valence-electron chi connectivity index (χ2n) is 7.56. The summed E-state index contributed by atoms with van der Waals surface area (Å²) in [7, 11) is -1.08. The molecule has 1 spiro atoms. The zero-order valence-electron chi connectivity index (χ0n) is 13.5. The molecule has 1 heterocycles. The summed E-state index contributed by atoms with van der Waals surface area (Å²) in [5.74, 6) is 0. The third-order valence-corrected chi connectivity index (χ3v) is 6.75. The lowest BCUT2D eigenvalue weighted by Gasteiger charge is -2.40. The third-order valence-electron chi connectivity index (χ3n) is 4.95. The van der Waals surface area contributed by atoms with Gasteiger partial charge in [-0.05, 0) is 81.8 Å². The molecule has 122 valence electrons. The Hall–Kier alpha value is -0.420. The van der Waals surface area contributed by atoms with Crippen molar-refractivity contribution in [2.45, 2.75) is 50.8 Å². The predicted molar refractivity (Wildman–Crippen MR) is 93.5 cm³/mol. The normalized spacial score (nSPS) is 25.2. The highest BCUT2D eigenvalue weighted by molar-refractivity contribution is 7.84. The van der Waals surface area contributed by atoms with Gasteiger partial charge in [0.25, 0.3) is 0 Å². The smallest absolute Gasteiger partial charge is 0.0976 e. The average Bonchev–Trinajstić information content (AvgIpc) is 2.72. The molecule has 5 heteroatoms. The van der Waals surface area contributed by atoms with Gasteiger partial charge >= 0.3 is 0 Å². The molecule has 1 aliphatic carbocycles. The van der Waals surface area contributed by atoms with Crippen LogP contribution >= 0.6 is 11.6 Å². The van der Waals surface area contributed by atoms with Crippen LogP contribution in [0.2, 0.25) is 5.02 Å². The molecule has 0 aromatic heterocycles. The van der Waals surface area contributed by atoms with Crippen molar-refractivity contribution in [3.63, 3.8) is 0 Å². The molecule has 0 bridgehead atoms. The third kappa shape index (κ3) is 2.99. The minimum Gasteiger partial charge on any atom is -0.317 e. The minimum absolute atomic E-state index is 0.128. The second kappa shape index (κ2) is 5.90. The lowest BCUT2D eigenvalue weighted by Crippen LogP contribution is -2.46. The van der Waals surface area contributed by atoms with Crippen LogP contribution in [0.3, 0.4) is 0 Å². The van der Waals surface area contributed by atoms with Gasteiger partial charge in [0.1, 0.15) is 0 Å². The van der Waals surface area contributed by atoms with Crippen molar-refractivity contribution in [2.24, 2.45) is 5.41 Å². The molecule has 1 saturated heterocycles. The maximum Gasteiger partial charge on any atom is 0.0976 e. The lowest BCUT2D eigenvalue weighted by molar-refractivity contribution is 0.165. The highest BCUT2D eigenvalue weighted by atomic mass is 35.5. The number of hydrogen-bond donors (Lipinski definition) is 2. The summed E-state index contributed by atoms with van der Waals surface area (Å²) in [5.41, 5.74) is 2.76. The van der Waals surface area contributed by atoms with Gasteiger partial charge in [-0.2, -0.15) is 0 Å². The van der Waals surface area contributed by atoms with Crippen LogP contribution in [0.25, 0.3) is 0 Å². The summed E-state index contributed by atoms with van der Waals surface area (Å²) in [6.07, 6.45) is 3.27. The van der Waals surface area contributed by atoms with E-state index in [1.54, 1.807) is 0 Å². The van der Waals surface area contributed by atoms with Gasteiger partial charge in [-0.25, -0.2) is 8.93 Å². The summed E-state index contributed by atoms with van der Waals surface area (Å²) >= 11 is 6.23. The Morgan fingerprint density at radius 1 is 1.32 bits per heavy atom. The molecule has 3 nitrogen and oxygen atoms in total. The van der Waals surface area contributed by atoms with E-state index in [-0.39, 0.29) is 16.2 Å². The fraction of sp³-hybridized carbons (Fsp3) is 0.647. The van der Waals surface area contributed by atoms with Gasteiger partial charge in [-0.15, -0.1) is 0 Å². The molecular weight excluding hydrogens is 316 g/mol. The Morgan fingerprint density at radius 2 is 2.00 bits per heavy atom. The van der Waals surface area contributed by atoms with E-state index in [0.29, 0.717) is 0 Å². The molecule has 1 unspecified atom stereocenters. The Balaban J connectivity index is 1.97. The maximum atomic E-state index is 12.7. The quantitative estimate of drug-likeness (QED) is 0.866. The zero-order valence-corrected chi connectivity index (χ0v) is 15.1. The van der Waals surface area contributed by atoms with Gasteiger partial charge in [0, 0.05) is 5.02 Å². The molecule has 2 aliphatic rings. The van der Waals surface area contributed by atoms with E-state index in [9.17, 15) is 4.21 Å². The van der Waals surface area contributed by atoms with Gasteiger partial charge in [0.15, 0.2) is 0 Å². The van der Waals surface area contributed by atoms with Gasteiger partial charge < -0.3 is 5.32 Å². The van der Waals surface area contributed by atoms with Crippen LogP contribution in [-0.2, 0) is 17.4 Å². The number of piperidine rings is 1. The molecule has 1 aromatic rings. The van der Waals surface area contributed by atoms with Gasteiger partial charge in [-0.3, -0.25) is 0 Å². The molecule has 0 radical (unpaired) electrons. The van der Waals surface area contributed by atoms with Crippen molar-refractivity contribution in [1.82, 2.24) is 10.0 Å². The first-order valence-corrected chi connectivity index (χ1v) is 9.52. The molecule has 22 heavy (non-hydrogen) atoms. The van der Waals surface area contributed by atoms with Crippen LogP contribution in [0.5, 0.6) is 0 Å². The van der Waals surface area contributed by atoms with Crippen molar-refractivity contribution in [3.05, 3.63) is 34.3 Å². The SMILES string of the molecule is CC(C)(C)S(=O)N[C@@H]1c2cc(Cl)ccc2CC12CCNCC2. The van der Waals surface area contributed by atoms with Gasteiger partial charge in [0.2, 0.25) is 0 Å². The first kappa shape index (κ1) is 16.4. The first-order valence-electron chi connectivity index (χ1n) is 7.99. The molecule has 1 aromatic carbocycles. The summed E-state index contributed by atoms with van der Waals surface area (Å²) in [5, 5.41) is 4.21. The van der Waals surface area contributed by atoms with Crippen LogP contribution in [0.4, 0.5) is 0 Å².